The second kappa shape index (κ2) is 6.13. The number of carboxylic acids is 1. The van der Waals surface area contributed by atoms with E-state index in [1.54, 1.807) is 0 Å². The van der Waals surface area contributed by atoms with Crippen molar-refractivity contribution in [2.75, 3.05) is 13.2 Å². The van der Waals surface area contributed by atoms with Crippen LogP contribution >= 0.6 is 11.6 Å². The van der Waals surface area contributed by atoms with Gasteiger partial charge in [-0.1, -0.05) is 19.1 Å². The SMILES string of the molecule is CC1CC=CCC1COCC(Cl)C(=O)O. The Hall–Kier alpha value is -0.540. The molecule has 3 unspecified atom stereocenters. The highest BCUT2D eigenvalue weighted by Crippen LogP contribution is 2.25. The van der Waals surface area contributed by atoms with Gasteiger partial charge >= 0.3 is 5.97 Å². The molecule has 86 valence electrons. The molecule has 1 aliphatic rings. The van der Waals surface area contributed by atoms with Gasteiger partial charge in [-0.25, -0.2) is 0 Å². The summed E-state index contributed by atoms with van der Waals surface area (Å²) in [6.07, 6.45) is 6.44. The number of hydrogen-bond acceptors (Lipinski definition) is 2. The lowest BCUT2D eigenvalue weighted by molar-refractivity contribution is -0.137. The molecule has 0 spiro atoms. The number of hydrogen-bond donors (Lipinski definition) is 1. The molecule has 0 amide bonds. The van der Waals surface area contributed by atoms with Crippen molar-refractivity contribution >= 4 is 17.6 Å². The van der Waals surface area contributed by atoms with Gasteiger partial charge in [-0.2, -0.15) is 0 Å². The second-order valence-electron chi connectivity index (χ2n) is 4.02. The molecule has 0 aromatic rings. The largest absolute Gasteiger partial charge is 0.480 e. The standard InChI is InChI=1S/C11H17ClO3/c1-8-4-2-3-5-9(8)6-15-7-10(12)11(13)14/h2-3,8-10H,4-7H2,1H3,(H,13,14). The van der Waals surface area contributed by atoms with Gasteiger partial charge in [-0.05, 0) is 24.7 Å². The fraction of sp³-hybridized carbons (Fsp3) is 0.727. The predicted octanol–water partition coefficient (Wildman–Crippen LogP) is 2.30. The van der Waals surface area contributed by atoms with Gasteiger partial charge < -0.3 is 9.84 Å². The summed E-state index contributed by atoms with van der Waals surface area (Å²) in [6.45, 7) is 2.87. The first-order chi connectivity index (χ1) is 7.11. The normalized spacial score (nSPS) is 27.6. The van der Waals surface area contributed by atoms with Crippen LogP contribution in [0.5, 0.6) is 0 Å². The minimum absolute atomic E-state index is 0.0871. The van der Waals surface area contributed by atoms with E-state index in [-0.39, 0.29) is 6.61 Å². The summed E-state index contributed by atoms with van der Waals surface area (Å²) < 4.78 is 5.32. The van der Waals surface area contributed by atoms with Crippen LogP contribution in [-0.4, -0.2) is 29.7 Å². The van der Waals surface area contributed by atoms with Crippen molar-refractivity contribution in [3.05, 3.63) is 12.2 Å². The molecule has 0 aromatic carbocycles. The molecule has 15 heavy (non-hydrogen) atoms. The van der Waals surface area contributed by atoms with Crippen molar-refractivity contribution < 1.29 is 14.6 Å². The molecule has 0 aromatic heterocycles. The summed E-state index contributed by atoms with van der Waals surface area (Å²) in [5.41, 5.74) is 0. The maximum absolute atomic E-state index is 10.4. The molecular formula is C11H17ClO3. The molecule has 1 N–H and O–H groups in total. The third kappa shape index (κ3) is 4.22. The summed E-state index contributed by atoms with van der Waals surface area (Å²) in [6, 6.07) is 0. The van der Waals surface area contributed by atoms with Gasteiger partial charge in [0.1, 0.15) is 0 Å². The molecule has 0 aliphatic heterocycles. The van der Waals surface area contributed by atoms with Crippen LogP contribution in [0.1, 0.15) is 19.8 Å². The molecule has 0 fully saturated rings. The first-order valence-corrected chi connectivity index (χ1v) is 5.64. The Morgan fingerprint density at radius 3 is 2.87 bits per heavy atom. The number of halogens is 1. The third-order valence-electron chi connectivity index (χ3n) is 2.78. The van der Waals surface area contributed by atoms with E-state index in [0.29, 0.717) is 18.4 Å². The highest BCUT2D eigenvalue weighted by atomic mass is 35.5. The van der Waals surface area contributed by atoms with Gasteiger partial charge in [-0.15, -0.1) is 11.6 Å². The average Bonchev–Trinajstić information content (AvgIpc) is 2.20. The molecule has 4 heteroatoms. The number of aliphatic carboxylic acids is 1. The zero-order chi connectivity index (χ0) is 11.3. The van der Waals surface area contributed by atoms with E-state index in [1.165, 1.54) is 0 Å². The first kappa shape index (κ1) is 12.5. The quantitative estimate of drug-likeness (QED) is 0.585. The van der Waals surface area contributed by atoms with E-state index in [1.807, 2.05) is 0 Å². The number of carbonyl (C=O) groups is 1. The molecule has 0 saturated heterocycles. The summed E-state index contributed by atoms with van der Waals surface area (Å²) in [7, 11) is 0. The number of carboxylic acid groups (broad SMARTS) is 1. The van der Waals surface area contributed by atoms with E-state index in [4.69, 9.17) is 21.4 Å². The van der Waals surface area contributed by atoms with E-state index in [9.17, 15) is 4.79 Å². The fourth-order valence-corrected chi connectivity index (χ4v) is 1.72. The maximum Gasteiger partial charge on any atom is 0.324 e. The summed E-state index contributed by atoms with van der Waals surface area (Å²) in [5, 5.41) is 7.62. The number of allylic oxidation sites excluding steroid dienone is 2. The molecule has 0 heterocycles. The van der Waals surface area contributed by atoms with Crippen LogP contribution in [-0.2, 0) is 9.53 Å². The van der Waals surface area contributed by atoms with Crippen molar-refractivity contribution in [2.45, 2.75) is 25.1 Å². The van der Waals surface area contributed by atoms with Crippen LogP contribution in [0.25, 0.3) is 0 Å². The van der Waals surface area contributed by atoms with Gasteiger partial charge in [0.05, 0.1) is 13.2 Å². The van der Waals surface area contributed by atoms with E-state index >= 15 is 0 Å². The molecule has 0 bridgehead atoms. The lowest BCUT2D eigenvalue weighted by atomic mass is 9.85. The minimum atomic E-state index is -1.02. The predicted molar refractivity (Wildman–Crippen MR) is 59.1 cm³/mol. The highest BCUT2D eigenvalue weighted by molar-refractivity contribution is 6.29. The molecular weight excluding hydrogens is 216 g/mol. The van der Waals surface area contributed by atoms with Crippen LogP contribution in [0.2, 0.25) is 0 Å². The first-order valence-electron chi connectivity index (χ1n) is 5.21. The minimum Gasteiger partial charge on any atom is -0.480 e. The van der Waals surface area contributed by atoms with E-state index in [0.717, 1.165) is 12.8 Å². The summed E-state index contributed by atoms with van der Waals surface area (Å²) in [5.74, 6) is 0.0783. The number of alkyl halides is 1. The van der Waals surface area contributed by atoms with Crippen LogP contribution in [0.15, 0.2) is 12.2 Å². The number of ether oxygens (including phenoxy) is 1. The van der Waals surface area contributed by atoms with E-state index in [2.05, 4.69) is 19.1 Å². The Labute approximate surface area is 95.1 Å². The van der Waals surface area contributed by atoms with Crippen LogP contribution in [0, 0.1) is 11.8 Å². The van der Waals surface area contributed by atoms with Gasteiger partial charge in [0.15, 0.2) is 5.38 Å². The Kier molecular flexibility index (Phi) is 5.12. The third-order valence-corrected chi connectivity index (χ3v) is 3.09. The van der Waals surface area contributed by atoms with Crippen molar-refractivity contribution in [1.29, 1.82) is 0 Å². The zero-order valence-corrected chi connectivity index (χ0v) is 9.61. The monoisotopic (exact) mass is 232 g/mol. The summed E-state index contributed by atoms with van der Waals surface area (Å²) in [4.78, 5) is 10.4. The lowest BCUT2D eigenvalue weighted by Crippen LogP contribution is -2.24. The average molecular weight is 233 g/mol. The van der Waals surface area contributed by atoms with Gasteiger partial charge in [0, 0.05) is 0 Å². The molecule has 3 nitrogen and oxygen atoms in total. The topological polar surface area (TPSA) is 46.5 Å². The maximum atomic E-state index is 10.4. The van der Waals surface area contributed by atoms with Crippen LogP contribution in [0.4, 0.5) is 0 Å². The van der Waals surface area contributed by atoms with Crippen LogP contribution in [0.3, 0.4) is 0 Å². The zero-order valence-electron chi connectivity index (χ0n) is 8.86. The Bertz CT molecular complexity index is 240. The summed E-state index contributed by atoms with van der Waals surface area (Å²) >= 11 is 5.53. The molecule has 0 radical (unpaired) electrons. The lowest BCUT2D eigenvalue weighted by Gasteiger charge is -2.25. The highest BCUT2D eigenvalue weighted by Gasteiger charge is 2.20. The number of rotatable bonds is 5. The second-order valence-corrected chi connectivity index (χ2v) is 4.55. The molecule has 0 saturated carbocycles. The molecule has 1 rings (SSSR count). The Morgan fingerprint density at radius 2 is 2.27 bits per heavy atom. The molecule has 1 aliphatic carbocycles. The van der Waals surface area contributed by atoms with E-state index < -0.39 is 11.3 Å². The Morgan fingerprint density at radius 1 is 1.60 bits per heavy atom. The van der Waals surface area contributed by atoms with Crippen molar-refractivity contribution in [2.24, 2.45) is 11.8 Å². The van der Waals surface area contributed by atoms with Gasteiger partial charge in [0.25, 0.3) is 0 Å². The van der Waals surface area contributed by atoms with Crippen molar-refractivity contribution in [3.8, 4) is 0 Å². The van der Waals surface area contributed by atoms with Gasteiger partial charge in [-0.3, -0.25) is 4.79 Å². The van der Waals surface area contributed by atoms with Crippen LogP contribution < -0.4 is 0 Å². The van der Waals surface area contributed by atoms with Crippen molar-refractivity contribution in [1.82, 2.24) is 0 Å². The van der Waals surface area contributed by atoms with Crippen molar-refractivity contribution in [3.63, 3.8) is 0 Å². The molecule has 3 atom stereocenters. The fourth-order valence-electron chi connectivity index (χ4n) is 1.63. The van der Waals surface area contributed by atoms with Gasteiger partial charge in [0.2, 0.25) is 0 Å². The smallest absolute Gasteiger partial charge is 0.324 e. The Balaban J connectivity index is 2.19.